The van der Waals surface area contributed by atoms with E-state index in [4.69, 9.17) is 9.84 Å². The fourth-order valence-corrected chi connectivity index (χ4v) is 6.13. The molecule has 194 valence electrons. The lowest BCUT2D eigenvalue weighted by Gasteiger charge is -2.36. The molecule has 3 rings (SSSR count). The second kappa shape index (κ2) is 11.2. The van der Waals surface area contributed by atoms with Crippen molar-refractivity contribution in [1.82, 2.24) is 4.90 Å². The van der Waals surface area contributed by atoms with E-state index in [2.05, 4.69) is 5.32 Å². The molecular formula is C26H32F2N2O5Si. The van der Waals surface area contributed by atoms with Gasteiger partial charge in [-0.2, -0.15) is 0 Å². The van der Waals surface area contributed by atoms with Gasteiger partial charge in [-0.3, -0.25) is 14.4 Å². The standard InChI is InChI=1S/C26H32F2N2O5Si/c1-35-18-9-10-19-16(13-18)11-12-30(22(31)7-5-6-8-23(32)33)24(19)26(34)29-17-14-20(27)25(21(28)15-17)36(2,3)4/h9-10,13-15,24H,5-8,11-12H2,1-4H3,(H,29,34)(H,32,33)/t24-/m1/s1. The Morgan fingerprint density at radius 3 is 2.31 bits per heavy atom. The van der Waals surface area contributed by atoms with Gasteiger partial charge in [0.1, 0.15) is 23.4 Å². The molecule has 2 aromatic rings. The zero-order valence-electron chi connectivity index (χ0n) is 21.0. The van der Waals surface area contributed by atoms with E-state index in [0.717, 1.165) is 17.7 Å². The van der Waals surface area contributed by atoms with Gasteiger partial charge in [-0.05, 0) is 54.7 Å². The van der Waals surface area contributed by atoms with Gasteiger partial charge in [-0.1, -0.05) is 25.7 Å². The van der Waals surface area contributed by atoms with E-state index in [1.54, 1.807) is 12.1 Å². The van der Waals surface area contributed by atoms with Gasteiger partial charge in [0.05, 0.1) is 15.2 Å². The lowest BCUT2D eigenvalue weighted by atomic mass is 9.91. The maximum atomic E-state index is 14.8. The first-order chi connectivity index (χ1) is 16.9. The van der Waals surface area contributed by atoms with Crippen LogP contribution in [0.2, 0.25) is 19.6 Å². The van der Waals surface area contributed by atoms with E-state index in [0.29, 0.717) is 30.6 Å². The SMILES string of the molecule is COc1ccc2c(c1)CCN(C(=O)CCCCC(=O)O)[C@H]2C(=O)Nc1cc(F)c([Si](C)(C)C)c(F)c1. The summed E-state index contributed by atoms with van der Waals surface area (Å²) < 4.78 is 34.8. The lowest BCUT2D eigenvalue weighted by Crippen LogP contribution is -2.45. The van der Waals surface area contributed by atoms with E-state index >= 15 is 0 Å². The summed E-state index contributed by atoms with van der Waals surface area (Å²) in [6.07, 6.45) is 1.29. The molecule has 0 radical (unpaired) electrons. The van der Waals surface area contributed by atoms with Crippen LogP contribution in [-0.4, -0.2) is 49.5 Å². The maximum Gasteiger partial charge on any atom is 0.303 e. The van der Waals surface area contributed by atoms with Gasteiger partial charge in [-0.25, -0.2) is 8.78 Å². The number of anilines is 1. The van der Waals surface area contributed by atoms with Crippen LogP contribution in [0.3, 0.4) is 0 Å². The Kier molecular flexibility index (Phi) is 8.49. The highest BCUT2D eigenvalue weighted by atomic mass is 28.3. The number of hydrogen-bond acceptors (Lipinski definition) is 4. The van der Waals surface area contributed by atoms with Crippen LogP contribution >= 0.6 is 0 Å². The minimum atomic E-state index is -2.29. The molecule has 0 saturated carbocycles. The molecule has 0 spiro atoms. The molecule has 1 aliphatic rings. The van der Waals surface area contributed by atoms with E-state index in [1.807, 2.05) is 25.7 Å². The largest absolute Gasteiger partial charge is 0.497 e. The molecular weight excluding hydrogens is 486 g/mol. The number of methoxy groups -OCH3 is 1. The topological polar surface area (TPSA) is 95.9 Å². The summed E-state index contributed by atoms with van der Waals surface area (Å²) in [7, 11) is -0.751. The molecule has 36 heavy (non-hydrogen) atoms. The maximum absolute atomic E-state index is 14.8. The summed E-state index contributed by atoms with van der Waals surface area (Å²) in [6, 6.07) is 6.45. The molecule has 2 aromatic carbocycles. The van der Waals surface area contributed by atoms with Gasteiger partial charge in [-0.15, -0.1) is 0 Å². The van der Waals surface area contributed by atoms with Crippen LogP contribution in [0.5, 0.6) is 5.75 Å². The zero-order chi connectivity index (χ0) is 26.6. The smallest absolute Gasteiger partial charge is 0.303 e. The van der Waals surface area contributed by atoms with Crippen molar-refractivity contribution in [3.63, 3.8) is 0 Å². The Hall–Kier alpha value is -3.27. The number of nitrogens with zero attached hydrogens (tertiary/aromatic N) is 1. The zero-order valence-corrected chi connectivity index (χ0v) is 22.0. The molecule has 0 aliphatic carbocycles. The van der Waals surface area contributed by atoms with Crippen LogP contribution in [0.1, 0.15) is 42.9 Å². The molecule has 0 bridgehead atoms. The van der Waals surface area contributed by atoms with Gasteiger partial charge in [0.2, 0.25) is 5.91 Å². The summed E-state index contributed by atoms with van der Waals surface area (Å²) in [5.41, 5.74) is 1.43. The highest BCUT2D eigenvalue weighted by molar-refractivity contribution is 6.88. The van der Waals surface area contributed by atoms with Crippen molar-refractivity contribution in [2.75, 3.05) is 19.0 Å². The molecule has 2 N–H and O–H groups in total. The van der Waals surface area contributed by atoms with Gasteiger partial charge in [0.25, 0.3) is 5.91 Å². The third kappa shape index (κ3) is 6.29. The summed E-state index contributed by atoms with van der Waals surface area (Å²) in [5.74, 6) is -2.59. The molecule has 0 aromatic heterocycles. The summed E-state index contributed by atoms with van der Waals surface area (Å²) >= 11 is 0. The van der Waals surface area contributed by atoms with Gasteiger partial charge >= 0.3 is 5.97 Å². The van der Waals surface area contributed by atoms with Gasteiger partial charge in [0, 0.05) is 30.3 Å². The van der Waals surface area contributed by atoms with Crippen molar-refractivity contribution >= 4 is 36.7 Å². The Labute approximate surface area is 210 Å². The summed E-state index contributed by atoms with van der Waals surface area (Å²) in [6.45, 7) is 5.77. The van der Waals surface area contributed by atoms with Crippen LogP contribution in [0.25, 0.3) is 0 Å². The van der Waals surface area contributed by atoms with Crippen molar-refractivity contribution < 1.29 is 33.0 Å². The number of ether oxygens (including phenoxy) is 1. The minimum absolute atomic E-state index is 0.0218. The summed E-state index contributed by atoms with van der Waals surface area (Å²) in [5, 5.41) is 11.5. The second-order valence-electron chi connectivity index (χ2n) is 9.96. The first-order valence-electron chi connectivity index (χ1n) is 11.9. The number of carboxylic acids is 1. The summed E-state index contributed by atoms with van der Waals surface area (Å²) in [4.78, 5) is 38.8. The third-order valence-electron chi connectivity index (χ3n) is 6.24. The highest BCUT2D eigenvalue weighted by Crippen LogP contribution is 2.34. The molecule has 0 unspecified atom stereocenters. The monoisotopic (exact) mass is 518 g/mol. The Morgan fingerprint density at radius 2 is 1.72 bits per heavy atom. The first kappa shape index (κ1) is 27.3. The Balaban J connectivity index is 1.90. The van der Waals surface area contributed by atoms with Crippen LogP contribution in [0.4, 0.5) is 14.5 Å². The molecule has 1 aliphatic heterocycles. The van der Waals surface area contributed by atoms with Crippen LogP contribution < -0.4 is 15.2 Å². The number of carbonyl (C=O) groups excluding carboxylic acids is 2. The van der Waals surface area contributed by atoms with Crippen LogP contribution in [0.15, 0.2) is 30.3 Å². The number of benzene rings is 2. The predicted octanol–water partition coefficient (Wildman–Crippen LogP) is 4.23. The van der Waals surface area contributed by atoms with E-state index < -0.39 is 37.6 Å². The minimum Gasteiger partial charge on any atom is -0.497 e. The number of nitrogens with one attached hydrogen (secondary N) is 1. The number of fused-ring (bicyclic) bond motifs is 1. The highest BCUT2D eigenvalue weighted by Gasteiger charge is 2.36. The van der Waals surface area contributed by atoms with Crippen molar-refractivity contribution in [3.05, 3.63) is 53.1 Å². The van der Waals surface area contributed by atoms with Crippen LogP contribution in [0, 0.1) is 11.6 Å². The number of rotatable bonds is 9. The van der Waals surface area contributed by atoms with Gasteiger partial charge < -0.3 is 20.1 Å². The fourth-order valence-electron chi connectivity index (χ4n) is 4.55. The number of amides is 2. The molecule has 0 fully saturated rings. The molecule has 1 heterocycles. The molecule has 7 nitrogen and oxygen atoms in total. The number of unbranched alkanes of at least 4 members (excludes halogenated alkanes) is 1. The quantitative estimate of drug-likeness (QED) is 0.383. The Bertz CT molecular complexity index is 1140. The average Bonchev–Trinajstić information content (AvgIpc) is 2.78. The predicted molar refractivity (Wildman–Crippen MR) is 135 cm³/mol. The molecule has 2 amide bonds. The van der Waals surface area contributed by atoms with Crippen molar-refractivity contribution in [3.8, 4) is 5.75 Å². The van der Waals surface area contributed by atoms with E-state index in [9.17, 15) is 23.2 Å². The average molecular weight is 519 g/mol. The number of halogens is 2. The fraction of sp³-hybridized carbons (Fsp3) is 0.423. The number of hydrogen-bond donors (Lipinski definition) is 2. The molecule has 1 atom stereocenters. The van der Waals surface area contributed by atoms with E-state index in [-0.39, 0.29) is 36.2 Å². The number of carbonyl (C=O) groups is 3. The third-order valence-corrected chi connectivity index (χ3v) is 8.22. The normalized spacial score (nSPS) is 15.3. The molecule has 10 heteroatoms. The van der Waals surface area contributed by atoms with Crippen molar-refractivity contribution in [2.45, 2.75) is 57.8 Å². The Morgan fingerprint density at radius 1 is 1.08 bits per heavy atom. The number of aliphatic carboxylic acids is 1. The lowest BCUT2D eigenvalue weighted by molar-refractivity contribution is -0.140. The van der Waals surface area contributed by atoms with Gasteiger partial charge in [0.15, 0.2) is 0 Å². The van der Waals surface area contributed by atoms with Crippen molar-refractivity contribution in [1.29, 1.82) is 0 Å². The first-order valence-corrected chi connectivity index (χ1v) is 15.4. The second-order valence-corrected chi connectivity index (χ2v) is 15.0. The number of carboxylic acid groups (broad SMARTS) is 1. The van der Waals surface area contributed by atoms with Crippen molar-refractivity contribution in [2.24, 2.45) is 0 Å². The molecule has 0 saturated heterocycles. The van der Waals surface area contributed by atoms with E-state index in [1.165, 1.54) is 12.0 Å². The van der Waals surface area contributed by atoms with Crippen LogP contribution in [-0.2, 0) is 20.8 Å².